The Balaban J connectivity index is 1.36. The zero-order chi connectivity index (χ0) is 27.8. The third-order valence-electron chi connectivity index (χ3n) is 6.13. The quantitative estimate of drug-likeness (QED) is 0.168. The van der Waals surface area contributed by atoms with Gasteiger partial charge >= 0.3 is 0 Å². The average molecular weight is 654 g/mol. The van der Waals surface area contributed by atoms with Crippen molar-refractivity contribution >= 4 is 78.8 Å². The molecule has 2 aromatic heterocycles. The first kappa shape index (κ1) is 26.6. The smallest absolute Gasteiger partial charge is 0.282 e. The van der Waals surface area contributed by atoms with Crippen LogP contribution in [-0.2, 0) is 6.61 Å². The number of ether oxygens (including phenoxy) is 1. The first-order valence-electron chi connectivity index (χ1n) is 12.0. The van der Waals surface area contributed by atoms with Crippen LogP contribution in [-0.4, -0.2) is 15.9 Å². The van der Waals surface area contributed by atoms with Gasteiger partial charge in [-0.2, -0.15) is 9.78 Å². The second kappa shape index (κ2) is 11.1. The van der Waals surface area contributed by atoms with Crippen LogP contribution in [0.2, 0.25) is 15.1 Å². The normalized spacial score (nSPS) is 11.6. The maximum atomic E-state index is 13.5. The lowest BCUT2D eigenvalue weighted by atomic mass is 10.2. The highest BCUT2D eigenvalue weighted by Crippen LogP contribution is 2.35. The summed E-state index contributed by atoms with van der Waals surface area (Å²) in [4.78, 5) is 18.2. The van der Waals surface area contributed by atoms with Crippen LogP contribution in [0.15, 0.2) is 104 Å². The number of nitrogens with zero attached hydrogens (tertiary/aromatic N) is 3. The van der Waals surface area contributed by atoms with Crippen LogP contribution >= 0.6 is 50.7 Å². The number of rotatable bonds is 6. The average Bonchev–Trinajstić information content (AvgIpc) is 3.37. The van der Waals surface area contributed by atoms with Crippen molar-refractivity contribution < 1.29 is 9.15 Å². The molecule has 6 aromatic rings. The van der Waals surface area contributed by atoms with Crippen LogP contribution in [0.1, 0.15) is 11.1 Å². The standard InChI is InChI=1S/C30H17BrCl3N3O3/c31-22-11-17(12-24(34)28(22)39-16-19-9-10-20(32)14-23(19)33)15-35-37-29(27-13-18-5-1-4-8-26(18)40-27)36-25-7-3-2-6-21(25)30(37)38/h1-15H,16H2. The van der Waals surface area contributed by atoms with E-state index in [4.69, 9.17) is 48.9 Å². The van der Waals surface area contributed by atoms with Crippen molar-refractivity contribution in [1.82, 2.24) is 9.66 Å². The van der Waals surface area contributed by atoms with Crippen molar-refractivity contribution in [3.63, 3.8) is 0 Å². The van der Waals surface area contributed by atoms with E-state index in [0.717, 1.165) is 10.9 Å². The van der Waals surface area contributed by atoms with Gasteiger partial charge in [-0.05, 0) is 70.0 Å². The van der Waals surface area contributed by atoms with Gasteiger partial charge < -0.3 is 9.15 Å². The van der Waals surface area contributed by atoms with E-state index in [1.54, 1.807) is 48.5 Å². The molecule has 0 fully saturated rings. The van der Waals surface area contributed by atoms with Gasteiger partial charge in [-0.25, -0.2) is 4.98 Å². The molecule has 0 bridgehead atoms. The van der Waals surface area contributed by atoms with Crippen LogP contribution < -0.4 is 10.3 Å². The summed E-state index contributed by atoms with van der Waals surface area (Å²) < 4.78 is 13.8. The Morgan fingerprint density at radius 1 is 0.950 bits per heavy atom. The van der Waals surface area contributed by atoms with E-state index in [2.05, 4.69) is 21.0 Å². The molecule has 0 aliphatic heterocycles. The fourth-order valence-electron chi connectivity index (χ4n) is 4.19. The van der Waals surface area contributed by atoms with Crippen molar-refractivity contribution in [2.24, 2.45) is 5.10 Å². The molecule has 0 radical (unpaired) electrons. The minimum Gasteiger partial charge on any atom is -0.486 e. The Morgan fingerprint density at radius 2 is 1.75 bits per heavy atom. The highest BCUT2D eigenvalue weighted by molar-refractivity contribution is 9.10. The molecule has 0 aliphatic rings. The van der Waals surface area contributed by atoms with E-state index in [-0.39, 0.29) is 18.0 Å². The zero-order valence-corrected chi connectivity index (χ0v) is 24.3. The number of hydrogen-bond acceptors (Lipinski definition) is 5. The van der Waals surface area contributed by atoms with Crippen LogP contribution in [0, 0.1) is 0 Å². The summed E-state index contributed by atoms with van der Waals surface area (Å²) in [5.41, 5.74) is 2.29. The predicted octanol–water partition coefficient (Wildman–Crippen LogP) is 8.99. The SMILES string of the molecule is O=c1c2ccccc2nc(-c2cc3ccccc3o2)n1N=Cc1cc(Cl)c(OCc2ccc(Cl)cc2Cl)c(Br)c1. The van der Waals surface area contributed by atoms with E-state index in [9.17, 15) is 4.79 Å². The highest BCUT2D eigenvalue weighted by Gasteiger charge is 2.17. The summed E-state index contributed by atoms with van der Waals surface area (Å²) in [5.74, 6) is 1.14. The second-order valence-electron chi connectivity index (χ2n) is 8.80. The summed E-state index contributed by atoms with van der Waals surface area (Å²) in [6, 6.07) is 25.2. The van der Waals surface area contributed by atoms with Crippen molar-refractivity contribution in [3.05, 3.63) is 126 Å². The molecule has 198 valence electrons. The molecular formula is C30H17BrCl3N3O3. The zero-order valence-electron chi connectivity index (χ0n) is 20.4. The van der Waals surface area contributed by atoms with E-state index >= 15 is 0 Å². The van der Waals surface area contributed by atoms with Gasteiger partial charge in [-0.15, -0.1) is 0 Å². The molecule has 6 nitrogen and oxygen atoms in total. The Labute approximate surface area is 251 Å². The summed E-state index contributed by atoms with van der Waals surface area (Å²) in [5, 5.41) is 7.22. The first-order valence-corrected chi connectivity index (χ1v) is 13.9. The monoisotopic (exact) mass is 651 g/mol. The van der Waals surface area contributed by atoms with Gasteiger partial charge in [0.05, 0.1) is 26.6 Å². The second-order valence-corrected chi connectivity index (χ2v) is 10.9. The summed E-state index contributed by atoms with van der Waals surface area (Å²) >= 11 is 22.3. The molecule has 0 aliphatic carbocycles. The number of furan rings is 1. The molecule has 0 unspecified atom stereocenters. The Morgan fingerprint density at radius 3 is 2.55 bits per heavy atom. The van der Waals surface area contributed by atoms with Gasteiger partial charge in [-0.3, -0.25) is 4.79 Å². The van der Waals surface area contributed by atoms with Crippen LogP contribution in [0.5, 0.6) is 5.75 Å². The molecule has 0 amide bonds. The molecule has 0 atom stereocenters. The maximum Gasteiger partial charge on any atom is 0.282 e. The fourth-order valence-corrected chi connectivity index (χ4v) is 5.64. The van der Waals surface area contributed by atoms with Gasteiger partial charge in [0, 0.05) is 21.0 Å². The topological polar surface area (TPSA) is 69.6 Å². The third kappa shape index (κ3) is 5.25. The minimum absolute atomic E-state index is 0.195. The van der Waals surface area contributed by atoms with Crippen LogP contribution in [0.3, 0.4) is 0 Å². The van der Waals surface area contributed by atoms with Gasteiger partial charge in [0.1, 0.15) is 12.2 Å². The van der Waals surface area contributed by atoms with Crippen LogP contribution in [0.25, 0.3) is 33.5 Å². The number of fused-ring (bicyclic) bond motifs is 2. The molecule has 6 rings (SSSR count). The molecule has 2 heterocycles. The molecule has 0 saturated heterocycles. The maximum absolute atomic E-state index is 13.5. The van der Waals surface area contributed by atoms with Gasteiger partial charge in [0.15, 0.2) is 11.5 Å². The van der Waals surface area contributed by atoms with Gasteiger partial charge in [0.2, 0.25) is 5.82 Å². The number of hydrogen-bond donors (Lipinski definition) is 0. The summed E-state index contributed by atoms with van der Waals surface area (Å²) in [6.07, 6.45) is 1.53. The van der Waals surface area contributed by atoms with Gasteiger partial charge in [-0.1, -0.05) is 71.2 Å². The van der Waals surface area contributed by atoms with Crippen molar-refractivity contribution in [1.29, 1.82) is 0 Å². The number of benzene rings is 4. The largest absolute Gasteiger partial charge is 0.486 e. The lowest BCUT2D eigenvalue weighted by molar-refractivity contribution is 0.304. The lowest BCUT2D eigenvalue weighted by Crippen LogP contribution is -2.20. The third-order valence-corrected chi connectivity index (χ3v) is 7.59. The molecule has 40 heavy (non-hydrogen) atoms. The first-order chi connectivity index (χ1) is 19.4. The fraction of sp³-hybridized carbons (Fsp3) is 0.0333. The molecule has 0 N–H and O–H groups in total. The Hall–Kier alpha value is -3.62. The van der Waals surface area contributed by atoms with Crippen molar-refractivity contribution in [3.8, 4) is 17.3 Å². The molecule has 4 aromatic carbocycles. The van der Waals surface area contributed by atoms with E-state index in [1.807, 2.05) is 36.4 Å². The molecule has 10 heteroatoms. The number of para-hydroxylation sites is 2. The van der Waals surface area contributed by atoms with E-state index in [1.165, 1.54) is 10.9 Å². The van der Waals surface area contributed by atoms with Crippen molar-refractivity contribution in [2.75, 3.05) is 0 Å². The highest BCUT2D eigenvalue weighted by atomic mass is 79.9. The minimum atomic E-state index is -0.331. The number of halogens is 4. The molecule has 0 saturated carbocycles. The van der Waals surface area contributed by atoms with Crippen LogP contribution in [0.4, 0.5) is 0 Å². The Kier molecular flexibility index (Phi) is 7.38. The predicted molar refractivity (Wildman–Crippen MR) is 164 cm³/mol. The summed E-state index contributed by atoms with van der Waals surface area (Å²) in [7, 11) is 0. The number of aromatic nitrogens is 2. The molecule has 0 spiro atoms. The van der Waals surface area contributed by atoms with E-state index < -0.39 is 0 Å². The Bertz CT molecular complexity index is 1950. The lowest BCUT2D eigenvalue weighted by Gasteiger charge is -2.12. The van der Waals surface area contributed by atoms with E-state index in [0.29, 0.717) is 53.1 Å². The molecular weight excluding hydrogens is 637 g/mol. The summed E-state index contributed by atoms with van der Waals surface area (Å²) in [6.45, 7) is 0.195. The van der Waals surface area contributed by atoms with Crippen molar-refractivity contribution in [2.45, 2.75) is 6.61 Å². The van der Waals surface area contributed by atoms with Gasteiger partial charge in [0.25, 0.3) is 5.56 Å².